The van der Waals surface area contributed by atoms with Gasteiger partial charge in [0.1, 0.15) is 12.6 Å². The van der Waals surface area contributed by atoms with Crippen molar-refractivity contribution in [3.05, 3.63) is 0 Å². The molecule has 0 aliphatic carbocycles. The standard InChI is InChI=1S/C14H27NO2/c1-12(2)9-14(3)16-11-13(17-14)10-15-7-5-4-6-8-15/h12-13H,4-11H2,1-3H3/p+1/t13-,14+/m1/s1. The molecule has 0 radical (unpaired) electrons. The molecule has 3 nitrogen and oxygen atoms in total. The van der Waals surface area contributed by atoms with E-state index in [0.29, 0.717) is 12.0 Å². The van der Waals surface area contributed by atoms with E-state index in [1.807, 2.05) is 0 Å². The molecule has 2 aliphatic rings. The van der Waals surface area contributed by atoms with E-state index in [1.165, 1.54) is 32.4 Å². The van der Waals surface area contributed by atoms with E-state index in [0.717, 1.165) is 19.6 Å². The zero-order chi connectivity index (χ0) is 12.3. The maximum absolute atomic E-state index is 6.12. The zero-order valence-corrected chi connectivity index (χ0v) is 11.6. The van der Waals surface area contributed by atoms with Crippen molar-refractivity contribution in [2.75, 3.05) is 26.2 Å². The molecule has 1 N–H and O–H groups in total. The van der Waals surface area contributed by atoms with Gasteiger partial charge in [0, 0.05) is 6.42 Å². The molecule has 17 heavy (non-hydrogen) atoms. The van der Waals surface area contributed by atoms with E-state index in [9.17, 15) is 0 Å². The highest BCUT2D eigenvalue weighted by atomic mass is 16.7. The number of piperidine rings is 1. The van der Waals surface area contributed by atoms with Gasteiger partial charge in [0.05, 0.1) is 19.7 Å². The third-order valence-electron chi connectivity index (χ3n) is 3.85. The molecule has 0 aromatic heterocycles. The summed E-state index contributed by atoms with van der Waals surface area (Å²) in [6, 6.07) is 0. The van der Waals surface area contributed by atoms with E-state index in [1.54, 1.807) is 4.90 Å². The van der Waals surface area contributed by atoms with Gasteiger partial charge in [-0.2, -0.15) is 0 Å². The van der Waals surface area contributed by atoms with Crippen molar-refractivity contribution in [3.8, 4) is 0 Å². The number of hydrogen-bond acceptors (Lipinski definition) is 2. The Morgan fingerprint density at radius 1 is 1.24 bits per heavy atom. The Morgan fingerprint density at radius 3 is 2.59 bits per heavy atom. The topological polar surface area (TPSA) is 22.9 Å². The number of quaternary nitrogens is 1. The number of hydrogen-bond donors (Lipinski definition) is 1. The van der Waals surface area contributed by atoms with Crippen LogP contribution in [0.15, 0.2) is 0 Å². The van der Waals surface area contributed by atoms with Crippen LogP contribution in [-0.2, 0) is 9.47 Å². The van der Waals surface area contributed by atoms with Gasteiger partial charge in [0.15, 0.2) is 5.79 Å². The molecule has 0 saturated carbocycles. The minimum atomic E-state index is -0.325. The third kappa shape index (κ3) is 3.94. The predicted molar refractivity (Wildman–Crippen MR) is 68.1 cm³/mol. The normalized spacial score (nSPS) is 35.6. The summed E-state index contributed by atoms with van der Waals surface area (Å²) in [5.74, 6) is 0.301. The average Bonchev–Trinajstić information content (AvgIpc) is 2.60. The second-order valence-corrected chi connectivity index (χ2v) is 6.30. The van der Waals surface area contributed by atoms with Gasteiger partial charge >= 0.3 is 0 Å². The van der Waals surface area contributed by atoms with Crippen LogP contribution >= 0.6 is 0 Å². The van der Waals surface area contributed by atoms with E-state index < -0.39 is 0 Å². The first-order valence-electron chi connectivity index (χ1n) is 7.23. The highest BCUT2D eigenvalue weighted by Gasteiger charge is 2.39. The molecule has 2 saturated heterocycles. The first-order chi connectivity index (χ1) is 8.07. The first kappa shape index (κ1) is 13.3. The summed E-state index contributed by atoms with van der Waals surface area (Å²) in [6.07, 6.45) is 5.49. The van der Waals surface area contributed by atoms with Crippen molar-refractivity contribution in [1.82, 2.24) is 0 Å². The molecular formula is C14H28NO2+. The number of nitrogens with one attached hydrogen (secondary N) is 1. The van der Waals surface area contributed by atoms with Gasteiger partial charge in [0.2, 0.25) is 0 Å². The maximum Gasteiger partial charge on any atom is 0.166 e. The molecule has 0 spiro atoms. The van der Waals surface area contributed by atoms with Gasteiger partial charge in [-0.25, -0.2) is 0 Å². The molecule has 0 amide bonds. The molecule has 2 fully saturated rings. The van der Waals surface area contributed by atoms with E-state index >= 15 is 0 Å². The maximum atomic E-state index is 6.12. The van der Waals surface area contributed by atoms with Crippen LogP contribution in [0.3, 0.4) is 0 Å². The first-order valence-corrected chi connectivity index (χ1v) is 7.23. The molecule has 3 heteroatoms. The highest BCUT2D eigenvalue weighted by molar-refractivity contribution is 4.75. The average molecular weight is 242 g/mol. The Labute approximate surface area is 105 Å². The van der Waals surface area contributed by atoms with Crippen LogP contribution in [0.1, 0.15) is 46.5 Å². The summed E-state index contributed by atoms with van der Waals surface area (Å²) in [4.78, 5) is 1.71. The Kier molecular flexibility index (Phi) is 4.45. The molecule has 2 heterocycles. The third-order valence-corrected chi connectivity index (χ3v) is 3.85. The fraction of sp³-hybridized carbons (Fsp3) is 1.00. The lowest BCUT2D eigenvalue weighted by Gasteiger charge is -2.27. The number of rotatable bonds is 4. The monoisotopic (exact) mass is 242 g/mol. The van der Waals surface area contributed by atoms with E-state index in [-0.39, 0.29) is 5.79 Å². The Balaban J connectivity index is 1.76. The zero-order valence-electron chi connectivity index (χ0n) is 11.6. The second-order valence-electron chi connectivity index (χ2n) is 6.30. The largest absolute Gasteiger partial charge is 0.347 e. The minimum Gasteiger partial charge on any atom is -0.347 e. The van der Waals surface area contributed by atoms with Gasteiger partial charge in [0.25, 0.3) is 0 Å². The van der Waals surface area contributed by atoms with Crippen LogP contribution in [0.5, 0.6) is 0 Å². The molecule has 0 aromatic carbocycles. The molecule has 2 atom stereocenters. The van der Waals surface area contributed by atoms with Crippen molar-refractivity contribution in [2.24, 2.45) is 5.92 Å². The summed E-state index contributed by atoms with van der Waals surface area (Å²) in [5, 5.41) is 0. The highest BCUT2D eigenvalue weighted by Crippen LogP contribution is 2.29. The van der Waals surface area contributed by atoms with Crippen molar-refractivity contribution in [1.29, 1.82) is 0 Å². The SMILES string of the molecule is CC(C)C[C@@]1(C)OC[C@@H](C[NH+]2CCCCC2)O1. The molecule has 0 unspecified atom stereocenters. The number of likely N-dealkylation sites (tertiary alicyclic amines) is 1. The summed E-state index contributed by atoms with van der Waals surface area (Å²) in [6.45, 7) is 11.1. The van der Waals surface area contributed by atoms with Crippen molar-refractivity contribution in [3.63, 3.8) is 0 Å². The summed E-state index contributed by atoms with van der Waals surface area (Å²) in [7, 11) is 0. The lowest BCUT2D eigenvalue weighted by atomic mass is 10.0. The summed E-state index contributed by atoms with van der Waals surface area (Å²) in [5.41, 5.74) is 0. The van der Waals surface area contributed by atoms with Gasteiger partial charge in [-0.05, 0) is 32.1 Å². The molecule has 100 valence electrons. The smallest absolute Gasteiger partial charge is 0.166 e. The summed E-state index contributed by atoms with van der Waals surface area (Å²) >= 11 is 0. The van der Waals surface area contributed by atoms with Crippen molar-refractivity contribution >= 4 is 0 Å². The van der Waals surface area contributed by atoms with E-state index in [2.05, 4.69) is 20.8 Å². The second kappa shape index (κ2) is 5.68. The number of ether oxygens (including phenoxy) is 2. The van der Waals surface area contributed by atoms with Crippen LogP contribution in [0.4, 0.5) is 0 Å². The van der Waals surface area contributed by atoms with Gasteiger partial charge in [-0.3, -0.25) is 0 Å². The predicted octanol–water partition coefficient (Wildman–Crippen LogP) is 1.23. The quantitative estimate of drug-likeness (QED) is 0.801. The minimum absolute atomic E-state index is 0.312. The van der Waals surface area contributed by atoms with Crippen molar-refractivity contribution in [2.45, 2.75) is 58.3 Å². The van der Waals surface area contributed by atoms with Crippen molar-refractivity contribution < 1.29 is 14.4 Å². The molecule has 0 aromatic rings. The van der Waals surface area contributed by atoms with Gasteiger partial charge in [-0.1, -0.05) is 13.8 Å². The van der Waals surface area contributed by atoms with Crippen LogP contribution in [-0.4, -0.2) is 38.1 Å². The fourth-order valence-corrected chi connectivity index (χ4v) is 3.22. The molecule has 2 rings (SSSR count). The van der Waals surface area contributed by atoms with Crippen LogP contribution in [0, 0.1) is 5.92 Å². The Bertz CT molecular complexity index is 238. The lowest BCUT2D eigenvalue weighted by molar-refractivity contribution is -0.907. The molecular weight excluding hydrogens is 214 g/mol. The van der Waals surface area contributed by atoms with E-state index in [4.69, 9.17) is 9.47 Å². The summed E-state index contributed by atoms with van der Waals surface area (Å²) < 4.78 is 12.0. The Hall–Kier alpha value is -0.120. The molecule has 2 aliphatic heterocycles. The Morgan fingerprint density at radius 2 is 1.94 bits per heavy atom. The fourth-order valence-electron chi connectivity index (χ4n) is 3.22. The van der Waals surface area contributed by atoms with Gasteiger partial charge in [-0.15, -0.1) is 0 Å². The van der Waals surface area contributed by atoms with Crippen LogP contribution in [0.2, 0.25) is 0 Å². The lowest BCUT2D eigenvalue weighted by Crippen LogP contribution is -3.13. The van der Waals surface area contributed by atoms with Crippen LogP contribution < -0.4 is 4.90 Å². The van der Waals surface area contributed by atoms with Crippen LogP contribution in [0.25, 0.3) is 0 Å². The molecule has 0 bridgehead atoms. The van der Waals surface area contributed by atoms with Gasteiger partial charge < -0.3 is 14.4 Å².